The fraction of sp³-hybridized carbons (Fsp3) is 0.346. The zero-order chi connectivity index (χ0) is 21.9. The Morgan fingerprint density at radius 3 is 2.59 bits per heavy atom. The standard InChI is InChI=1S/C26H28N2O4/c1-2-22(32-23-9-5-7-20-6-3-4-8-21(20)23)26(29)28-14-12-27(13-15-28)17-19-10-11-24-25(16-19)31-18-30-24/h3-11,16,22H,2,12-15,17-18H2,1H3/t22-/m1/s1. The maximum atomic E-state index is 13.2. The number of piperazine rings is 1. The minimum absolute atomic E-state index is 0.0724. The van der Waals surface area contributed by atoms with Crippen molar-refractivity contribution in [2.75, 3.05) is 33.0 Å². The van der Waals surface area contributed by atoms with Gasteiger partial charge in [-0.15, -0.1) is 0 Å². The Hall–Kier alpha value is -3.25. The van der Waals surface area contributed by atoms with E-state index in [0.29, 0.717) is 26.3 Å². The Kier molecular flexibility index (Phi) is 5.86. The van der Waals surface area contributed by atoms with E-state index < -0.39 is 6.10 Å². The molecule has 0 unspecified atom stereocenters. The van der Waals surface area contributed by atoms with Crippen LogP contribution in [0.15, 0.2) is 60.7 Å². The van der Waals surface area contributed by atoms with Gasteiger partial charge in [0.05, 0.1) is 0 Å². The average molecular weight is 433 g/mol. The quantitative estimate of drug-likeness (QED) is 0.588. The summed E-state index contributed by atoms with van der Waals surface area (Å²) in [5.74, 6) is 2.46. The Morgan fingerprint density at radius 2 is 1.75 bits per heavy atom. The minimum Gasteiger partial charge on any atom is -0.480 e. The Balaban J connectivity index is 1.19. The first-order valence-electron chi connectivity index (χ1n) is 11.3. The summed E-state index contributed by atoms with van der Waals surface area (Å²) < 4.78 is 17.1. The maximum absolute atomic E-state index is 13.2. The second kappa shape index (κ2) is 9.09. The highest BCUT2D eigenvalue weighted by atomic mass is 16.7. The number of benzene rings is 3. The number of carbonyl (C=O) groups is 1. The normalized spacial score (nSPS) is 16.8. The molecule has 1 amide bonds. The van der Waals surface area contributed by atoms with Gasteiger partial charge in [-0.3, -0.25) is 9.69 Å². The summed E-state index contributed by atoms with van der Waals surface area (Å²) in [5.41, 5.74) is 1.19. The monoisotopic (exact) mass is 432 g/mol. The molecule has 6 nitrogen and oxygen atoms in total. The number of hydrogen-bond acceptors (Lipinski definition) is 5. The van der Waals surface area contributed by atoms with Crippen molar-refractivity contribution >= 4 is 16.7 Å². The van der Waals surface area contributed by atoms with Gasteiger partial charge in [-0.1, -0.05) is 49.4 Å². The largest absolute Gasteiger partial charge is 0.480 e. The van der Waals surface area contributed by atoms with Gasteiger partial charge >= 0.3 is 0 Å². The van der Waals surface area contributed by atoms with Crippen LogP contribution in [0.2, 0.25) is 0 Å². The van der Waals surface area contributed by atoms with Crippen LogP contribution in [0.5, 0.6) is 17.2 Å². The molecular formula is C26H28N2O4. The van der Waals surface area contributed by atoms with E-state index in [1.54, 1.807) is 0 Å². The lowest BCUT2D eigenvalue weighted by Gasteiger charge is -2.36. The first-order chi connectivity index (χ1) is 15.7. The van der Waals surface area contributed by atoms with E-state index in [1.165, 1.54) is 5.56 Å². The fourth-order valence-electron chi connectivity index (χ4n) is 4.39. The Bertz CT molecular complexity index is 1100. The summed E-state index contributed by atoms with van der Waals surface area (Å²) in [4.78, 5) is 17.5. The number of amides is 1. The van der Waals surface area contributed by atoms with Crippen LogP contribution in [0.1, 0.15) is 18.9 Å². The zero-order valence-electron chi connectivity index (χ0n) is 18.3. The molecule has 5 rings (SSSR count). The molecule has 0 N–H and O–H groups in total. The molecule has 2 heterocycles. The third-order valence-corrected chi connectivity index (χ3v) is 6.19. The molecule has 0 aliphatic carbocycles. The van der Waals surface area contributed by atoms with Crippen molar-refractivity contribution in [3.63, 3.8) is 0 Å². The number of rotatable bonds is 6. The van der Waals surface area contributed by atoms with Gasteiger partial charge in [0.1, 0.15) is 5.75 Å². The summed E-state index contributed by atoms with van der Waals surface area (Å²) in [6.45, 7) is 6.22. The number of nitrogens with zero attached hydrogens (tertiary/aromatic N) is 2. The number of hydrogen-bond donors (Lipinski definition) is 0. The molecule has 0 spiro atoms. The molecule has 0 bridgehead atoms. The summed E-state index contributed by atoms with van der Waals surface area (Å²) in [7, 11) is 0. The molecule has 1 fully saturated rings. The fourth-order valence-corrected chi connectivity index (χ4v) is 4.39. The van der Waals surface area contributed by atoms with Crippen LogP contribution in [0.25, 0.3) is 10.8 Å². The number of ether oxygens (including phenoxy) is 3. The van der Waals surface area contributed by atoms with Gasteiger partial charge < -0.3 is 19.1 Å². The molecule has 2 aliphatic rings. The predicted octanol–water partition coefficient (Wildman–Crippen LogP) is 4.07. The van der Waals surface area contributed by atoms with E-state index >= 15 is 0 Å². The van der Waals surface area contributed by atoms with E-state index in [2.05, 4.69) is 23.1 Å². The average Bonchev–Trinajstić information content (AvgIpc) is 3.31. The molecule has 0 saturated carbocycles. The van der Waals surface area contributed by atoms with Crippen LogP contribution in [-0.2, 0) is 11.3 Å². The van der Waals surface area contributed by atoms with Gasteiger partial charge in [0, 0.05) is 38.1 Å². The Morgan fingerprint density at radius 1 is 0.969 bits per heavy atom. The van der Waals surface area contributed by atoms with Crippen molar-refractivity contribution in [3.05, 3.63) is 66.2 Å². The van der Waals surface area contributed by atoms with Gasteiger partial charge in [0.2, 0.25) is 6.79 Å². The van der Waals surface area contributed by atoms with Crippen LogP contribution in [0.3, 0.4) is 0 Å². The van der Waals surface area contributed by atoms with Gasteiger partial charge in [0.15, 0.2) is 17.6 Å². The third-order valence-electron chi connectivity index (χ3n) is 6.19. The van der Waals surface area contributed by atoms with E-state index in [0.717, 1.165) is 47.7 Å². The molecule has 0 radical (unpaired) electrons. The van der Waals surface area contributed by atoms with E-state index in [4.69, 9.17) is 14.2 Å². The predicted molar refractivity (Wildman–Crippen MR) is 123 cm³/mol. The van der Waals surface area contributed by atoms with Gasteiger partial charge in [-0.05, 0) is 35.6 Å². The van der Waals surface area contributed by atoms with E-state index in [1.807, 2.05) is 54.3 Å². The summed E-state index contributed by atoms with van der Waals surface area (Å²) in [6.07, 6.45) is 0.167. The van der Waals surface area contributed by atoms with Crippen LogP contribution < -0.4 is 14.2 Å². The zero-order valence-corrected chi connectivity index (χ0v) is 18.3. The first-order valence-corrected chi connectivity index (χ1v) is 11.3. The van der Waals surface area contributed by atoms with Crippen molar-refractivity contribution < 1.29 is 19.0 Å². The van der Waals surface area contributed by atoms with Gasteiger partial charge in [-0.2, -0.15) is 0 Å². The second-order valence-electron chi connectivity index (χ2n) is 8.28. The summed E-state index contributed by atoms with van der Waals surface area (Å²) in [5, 5.41) is 2.15. The topological polar surface area (TPSA) is 51.2 Å². The second-order valence-corrected chi connectivity index (χ2v) is 8.28. The number of fused-ring (bicyclic) bond motifs is 2. The van der Waals surface area contributed by atoms with Crippen LogP contribution in [0, 0.1) is 0 Å². The Labute approximate surface area is 188 Å². The van der Waals surface area contributed by atoms with Crippen molar-refractivity contribution in [1.82, 2.24) is 9.80 Å². The lowest BCUT2D eigenvalue weighted by molar-refractivity contribution is -0.140. The van der Waals surface area contributed by atoms with Crippen molar-refractivity contribution in [1.29, 1.82) is 0 Å². The molecule has 1 saturated heterocycles. The van der Waals surface area contributed by atoms with E-state index in [9.17, 15) is 4.79 Å². The molecule has 6 heteroatoms. The molecule has 3 aromatic carbocycles. The summed E-state index contributed by atoms with van der Waals surface area (Å²) >= 11 is 0. The molecule has 2 aliphatic heterocycles. The highest BCUT2D eigenvalue weighted by Crippen LogP contribution is 2.33. The van der Waals surface area contributed by atoms with Crippen molar-refractivity contribution in [2.24, 2.45) is 0 Å². The third kappa shape index (κ3) is 4.23. The van der Waals surface area contributed by atoms with Crippen LogP contribution >= 0.6 is 0 Å². The van der Waals surface area contributed by atoms with Crippen molar-refractivity contribution in [3.8, 4) is 17.2 Å². The lowest BCUT2D eigenvalue weighted by atomic mass is 10.1. The SMILES string of the molecule is CC[C@@H](Oc1cccc2ccccc12)C(=O)N1CCN(Cc2ccc3c(c2)OCO3)CC1. The molecule has 1 atom stereocenters. The lowest BCUT2D eigenvalue weighted by Crippen LogP contribution is -2.52. The number of carbonyl (C=O) groups excluding carboxylic acids is 1. The first kappa shape index (κ1) is 20.6. The van der Waals surface area contributed by atoms with Crippen molar-refractivity contribution in [2.45, 2.75) is 26.0 Å². The smallest absolute Gasteiger partial charge is 0.263 e. The molecule has 3 aromatic rings. The maximum Gasteiger partial charge on any atom is 0.263 e. The molecule has 166 valence electrons. The van der Waals surface area contributed by atoms with Crippen LogP contribution in [0.4, 0.5) is 0 Å². The van der Waals surface area contributed by atoms with Crippen LogP contribution in [-0.4, -0.2) is 54.8 Å². The summed E-state index contributed by atoms with van der Waals surface area (Å²) in [6, 6.07) is 20.2. The highest BCUT2D eigenvalue weighted by Gasteiger charge is 2.28. The minimum atomic E-state index is -0.471. The van der Waals surface area contributed by atoms with E-state index in [-0.39, 0.29) is 5.91 Å². The molecule has 0 aromatic heterocycles. The molecule has 32 heavy (non-hydrogen) atoms. The van der Waals surface area contributed by atoms with Gasteiger partial charge in [0.25, 0.3) is 5.91 Å². The highest BCUT2D eigenvalue weighted by molar-refractivity contribution is 5.89. The molecular weight excluding hydrogens is 404 g/mol. The van der Waals surface area contributed by atoms with Gasteiger partial charge in [-0.25, -0.2) is 0 Å².